The van der Waals surface area contributed by atoms with Gasteiger partial charge in [-0.05, 0) is 73.0 Å². The topological polar surface area (TPSA) is 114 Å². The third-order valence-corrected chi connectivity index (χ3v) is 7.63. The summed E-state index contributed by atoms with van der Waals surface area (Å²) >= 11 is 3.09. The van der Waals surface area contributed by atoms with E-state index in [1.807, 2.05) is 13.0 Å². The van der Waals surface area contributed by atoms with E-state index in [0.717, 1.165) is 29.7 Å². The van der Waals surface area contributed by atoms with Crippen molar-refractivity contribution in [2.24, 2.45) is 0 Å². The van der Waals surface area contributed by atoms with Crippen molar-refractivity contribution in [3.05, 3.63) is 124 Å². The monoisotopic (exact) mass is 788 g/mol. The van der Waals surface area contributed by atoms with Gasteiger partial charge in [-0.25, -0.2) is 0 Å². The number of ketones is 1. The standard InChI is InChI=1S/C16H12F3NO3.C9H7NO2.C7H4BrF3O.C4H9.Li/c1-9-3-2-4-12-13(9)20-14(21)15(12,22)10-5-7-11(8-6-10)23-16(17,18)19;1-5-3-2-4-6-7(5)10-9(12)8(6)11;8-5-1-3-6(4-2-5)12-7(9,10)11;1-3-4-2;/h2-8,22H,1H3,(H,20,21);2-4H,1H3,(H,10,11,12);1-4H;1,3-4H2,2H3;/q;;;-1;+1. The molecule has 2 aliphatic rings. The molecule has 0 bridgehead atoms. The average Bonchev–Trinajstić information content (AvgIpc) is 3.51. The first-order chi connectivity index (χ1) is 23.8. The minimum absolute atomic E-state index is 0. The molecule has 2 aliphatic heterocycles. The van der Waals surface area contributed by atoms with E-state index in [0.29, 0.717) is 27.0 Å². The zero-order valence-electron chi connectivity index (χ0n) is 28.3. The number of benzene rings is 4. The molecule has 1 unspecified atom stereocenters. The van der Waals surface area contributed by atoms with Crippen molar-refractivity contribution in [1.29, 1.82) is 0 Å². The Morgan fingerprint density at radius 1 is 0.750 bits per heavy atom. The molecule has 6 rings (SSSR count). The van der Waals surface area contributed by atoms with Crippen molar-refractivity contribution in [2.45, 2.75) is 51.9 Å². The number of nitrogens with one attached hydrogen (secondary N) is 2. The van der Waals surface area contributed by atoms with Crippen LogP contribution in [-0.4, -0.2) is 35.4 Å². The number of carbonyl (C=O) groups excluding carboxylic acids is 3. The SMILES string of the molecule is Cc1cccc2c1NC(=O)C2(O)c1ccc(OC(F)(F)F)cc1.Cc1cccc2c1NC(=O)C2=O.FC(F)(F)Oc1ccc(Br)cc1.[CH2-]CCC.[Li+]. The number of aliphatic hydroxyl groups is 1. The minimum Gasteiger partial charge on any atom is -0.406 e. The van der Waals surface area contributed by atoms with Crippen molar-refractivity contribution < 1.29 is 74.2 Å². The van der Waals surface area contributed by atoms with Crippen LogP contribution in [0.2, 0.25) is 0 Å². The number of fused-ring (bicyclic) bond motifs is 2. The summed E-state index contributed by atoms with van der Waals surface area (Å²) < 4.78 is 79.5. The van der Waals surface area contributed by atoms with Gasteiger partial charge in [-0.1, -0.05) is 71.7 Å². The zero-order valence-corrected chi connectivity index (χ0v) is 29.9. The summed E-state index contributed by atoms with van der Waals surface area (Å²) in [6, 6.07) is 20.4. The molecular formula is C36H32BrF6LiN2O6. The average molecular weight is 789 g/mol. The van der Waals surface area contributed by atoms with Crippen LogP contribution in [0.1, 0.15) is 52.4 Å². The molecule has 0 fully saturated rings. The van der Waals surface area contributed by atoms with E-state index in [2.05, 4.69) is 49.9 Å². The molecule has 0 saturated carbocycles. The Balaban J connectivity index is 0.000000274. The molecule has 0 saturated heterocycles. The fourth-order valence-electron chi connectivity index (χ4n) is 4.60. The van der Waals surface area contributed by atoms with E-state index in [9.17, 15) is 45.8 Å². The van der Waals surface area contributed by atoms with E-state index in [1.165, 1.54) is 42.8 Å². The van der Waals surface area contributed by atoms with Gasteiger partial charge in [-0.15, -0.1) is 26.3 Å². The molecular weight excluding hydrogens is 757 g/mol. The molecule has 2 heterocycles. The van der Waals surface area contributed by atoms with Gasteiger partial charge in [0.2, 0.25) is 0 Å². The quantitative estimate of drug-likeness (QED) is 0.0986. The summed E-state index contributed by atoms with van der Waals surface area (Å²) in [6.45, 7) is 9.36. The number of carbonyl (C=O) groups is 3. The van der Waals surface area contributed by atoms with Crippen molar-refractivity contribution in [3.8, 4) is 11.5 Å². The van der Waals surface area contributed by atoms with Gasteiger partial charge < -0.3 is 32.1 Å². The molecule has 272 valence electrons. The Hall–Kier alpha value is -4.29. The second-order valence-electron chi connectivity index (χ2n) is 10.9. The van der Waals surface area contributed by atoms with Crippen molar-refractivity contribution in [1.82, 2.24) is 0 Å². The summed E-state index contributed by atoms with van der Waals surface area (Å²) in [5.74, 6) is -2.25. The van der Waals surface area contributed by atoms with Crippen molar-refractivity contribution in [2.75, 3.05) is 10.6 Å². The van der Waals surface area contributed by atoms with E-state index >= 15 is 0 Å². The van der Waals surface area contributed by atoms with Crippen LogP contribution >= 0.6 is 15.9 Å². The fraction of sp³-hybridized carbons (Fsp3) is 0.222. The predicted octanol–water partition coefficient (Wildman–Crippen LogP) is 6.18. The Morgan fingerprint density at radius 2 is 1.21 bits per heavy atom. The Bertz CT molecular complexity index is 1850. The molecule has 1 atom stereocenters. The normalized spacial score (nSPS) is 15.4. The number of halogens is 7. The molecule has 16 heteroatoms. The number of unbranched alkanes of at least 4 members (excludes halogenated alkanes) is 1. The number of rotatable bonds is 4. The first-order valence-corrected chi connectivity index (χ1v) is 15.9. The van der Waals surface area contributed by atoms with Gasteiger partial charge in [0.1, 0.15) is 11.5 Å². The molecule has 4 aromatic rings. The fourth-order valence-corrected chi connectivity index (χ4v) is 4.86. The van der Waals surface area contributed by atoms with E-state index in [1.54, 1.807) is 37.3 Å². The van der Waals surface area contributed by atoms with Crippen LogP contribution in [0.3, 0.4) is 0 Å². The molecule has 0 radical (unpaired) electrons. The first kappa shape index (κ1) is 43.9. The number of Topliss-reactive ketones (excluding diaryl/α,β-unsaturated/α-hetero) is 1. The van der Waals surface area contributed by atoms with Gasteiger partial charge in [0.15, 0.2) is 5.60 Å². The van der Waals surface area contributed by atoms with Crippen LogP contribution in [-0.2, 0) is 15.2 Å². The number of amides is 2. The molecule has 3 N–H and O–H groups in total. The van der Waals surface area contributed by atoms with Crippen LogP contribution in [0.4, 0.5) is 37.7 Å². The first-order valence-electron chi connectivity index (χ1n) is 15.1. The van der Waals surface area contributed by atoms with Crippen molar-refractivity contribution >= 4 is 44.9 Å². The van der Waals surface area contributed by atoms with E-state index < -0.39 is 41.7 Å². The van der Waals surface area contributed by atoms with E-state index in [4.69, 9.17) is 0 Å². The van der Waals surface area contributed by atoms with Gasteiger partial charge >= 0.3 is 31.6 Å². The number of anilines is 2. The largest absolute Gasteiger partial charge is 1.00 e. The summed E-state index contributed by atoms with van der Waals surface area (Å²) in [5.41, 5.74) is 1.94. The molecule has 52 heavy (non-hydrogen) atoms. The van der Waals surface area contributed by atoms with Gasteiger partial charge in [0.25, 0.3) is 17.6 Å². The number of para-hydroxylation sites is 2. The second kappa shape index (κ2) is 18.5. The molecule has 0 aromatic heterocycles. The molecule has 8 nitrogen and oxygen atoms in total. The van der Waals surface area contributed by atoms with Gasteiger partial charge in [-0.2, -0.15) is 6.42 Å². The summed E-state index contributed by atoms with van der Waals surface area (Å²) in [4.78, 5) is 34.3. The molecule has 4 aromatic carbocycles. The molecule has 2 amide bonds. The number of alkyl halides is 6. The Morgan fingerprint density at radius 3 is 1.67 bits per heavy atom. The maximum atomic E-state index is 12.2. The van der Waals surface area contributed by atoms with Crippen LogP contribution < -0.4 is 39.0 Å². The van der Waals surface area contributed by atoms with Gasteiger partial charge in [0, 0.05) is 10.0 Å². The number of ether oxygens (including phenoxy) is 2. The molecule has 0 aliphatic carbocycles. The van der Waals surface area contributed by atoms with Crippen LogP contribution in [0, 0.1) is 20.8 Å². The maximum absolute atomic E-state index is 12.2. The maximum Gasteiger partial charge on any atom is 1.00 e. The van der Waals surface area contributed by atoms with Crippen LogP contribution in [0.15, 0.2) is 89.4 Å². The predicted molar refractivity (Wildman–Crippen MR) is 181 cm³/mol. The Labute approximate surface area is 316 Å². The third-order valence-electron chi connectivity index (χ3n) is 7.10. The van der Waals surface area contributed by atoms with Crippen LogP contribution in [0.5, 0.6) is 11.5 Å². The van der Waals surface area contributed by atoms with Crippen molar-refractivity contribution in [3.63, 3.8) is 0 Å². The zero-order chi connectivity index (χ0) is 38.1. The summed E-state index contributed by atoms with van der Waals surface area (Å²) in [5, 5.41) is 16.0. The number of aryl methyl sites for hydroxylation is 2. The van der Waals surface area contributed by atoms with E-state index in [-0.39, 0.29) is 30.2 Å². The van der Waals surface area contributed by atoms with Gasteiger partial charge in [-0.3, -0.25) is 14.4 Å². The number of hydrogen-bond donors (Lipinski definition) is 3. The summed E-state index contributed by atoms with van der Waals surface area (Å²) in [7, 11) is 0. The molecule has 0 spiro atoms. The second-order valence-corrected chi connectivity index (χ2v) is 11.8. The minimum atomic E-state index is -4.80. The summed E-state index contributed by atoms with van der Waals surface area (Å²) in [6.07, 6.45) is -7.14. The number of hydrogen-bond acceptors (Lipinski definition) is 6. The van der Waals surface area contributed by atoms with Crippen LogP contribution in [0.25, 0.3) is 0 Å². The third kappa shape index (κ3) is 11.6. The smallest absolute Gasteiger partial charge is 0.406 e. The Kier molecular flexibility index (Phi) is 15.6. The van der Waals surface area contributed by atoms with Gasteiger partial charge in [0.05, 0.1) is 16.9 Å².